The lowest BCUT2D eigenvalue weighted by Crippen LogP contribution is -2.05. The molecule has 0 radical (unpaired) electrons. The van der Waals surface area contributed by atoms with Crippen LogP contribution in [0.15, 0.2) is 38.6 Å². The van der Waals surface area contributed by atoms with Gasteiger partial charge in [0.2, 0.25) is 0 Å². The molecule has 0 fully saturated rings. The van der Waals surface area contributed by atoms with Gasteiger partial charge < -0.3 is 5.32 Å². The maximum absolute atomic E-state index is 12.3. The van der Waals surface area contributed by atoms with Crippen LogP contribution in [-0.4, -0.2) is 5.51 Å². The van der Waals surface area contributed by atoms with Gasteiger partial charge in [0.05, 0.1) is 5.69 Å². The molecule has 0 atom stereocenters. The fourth-order valence-corrected chi connectivity index (χ4v) is 2.98. The van der Waals surface area contributed by atoms with Gasteiger partial charge in [0.1, 0.15) is 11.0 Å². The van der Waals surface area contributed by atoms with Gasteiger partial charge in [-0.3, -0.25) is 0 Å². The van der Waals surface area contributed by atoms with E-state index in [2.05, 4.69) is 5.32 Å². The van der Waals surface area contributed by atoms with Gasteiger partial charge in [-0.2, -0.15) is 18.4 Å². The highest BCUT2D eigenvalue weighted by atomic mass is 32.2. The van der Waals surface area contributed by atoms with Crippen LogP contribution >= 0.6 is 23.5 Å². The number of nitrogens with zero attached hydrogens (tertiary/aromatic N) is 1. The van der Waals surface area contributed by atoms with Gasteiger partial charge in [0.25, 0.3) is 0 Å². The maximum Gasteiger partial charge on any atom is 0.446 e. The highest BCUT2D eigenvalue weighted by Gasteiger charge is 2.29. The fraction of sp³-hybridized carbons (Fsp3) is 0.182. The van der Waals surface area contributed by atoms with E-state index < -0.39 is 5.51 Å². The first kappa shape index (κ1) is 13.2. The summed E-state index contributed by atoms with van der Waals surface area (Å²) >= 11 is 1.02. The summed E-state index contributed by atoms with van der Waals surface area (Å²) < 4.78 is 36.8. The van der Waals surface area contributed by atoms with Gasteiger partial charge in [-0.1, -0.05) is 11.8 Å². The predicted molar refractivity (Wildman–Crippen MR) is 66.1 cm³/mol. The smallest absolute Gasteiger partial charge is 0.357 e. The Bertz CT molecular complexity index is 558. The summed E-state index contributed by atoms with van der Waals surface area (Å²) in [5, 5.41) is 11.9. The van der Waals surface area contributed by atoms with Crippen LogP contribution in [0.25, 0.3) is 0 Å². The number of rotatable bonds is 1. The molecule has 0 amide bonds. The van der Waals surface area contributed by atoms with Crippen molar-refractivity contribution in [3.63, 3.8) is 0 Å². The largest absolute Gasteiger partial charge is 0.446 e. The lowest BCUT2D eigenvalue weighted by molar-refractivity contribution is -0.0328. The van der Waals surface area contributed by atoms with Crippen LogP contribution in [0.5, 0.6) is 0 Å². The van der Waals surface area contributed by atoms with E-state index in [1.807, 2.05) is 6.07 Å². The molecule has 1 aromatic rings. The Labute approximate surface area is 110 Å². The Hall–Kier alpha value is -1.26. The Kier molecular flexibility index (Phi) is 3.50. The van der Waals surface area contributed by atoms with Crippen molar-refractivity contribution in [2.45, 2.75) is 22.2 Å². The van der Waals surface area contributed by atoms with Crippen LogP contribution in [0.4, 0.5) is 18.9 Å². The number of benzene rings is 1. The van der Waals surface area contributed by atoms with E-state index in [-0.39, 0.29) is 16.7 Å². The summed E-state index contributed by atoms with van der Waals surface area (Å²) in [5.41, 5.74) is -2.86. The molecule has 1 aliphatic heterocycles. The standard InChI is InChI=1S/C11H7F3N2S2/c1-6-10(5-15)17-9-4-7(18-11(12,13)14)2-3-8(9)16-6/h2-4,16H,1H3. The summed E-state index contributed by atoms with van der Waals surface area (Å²) in [7, 11) is 0. The van der Waals surface area contributed by atoms with E-state index >= 15 is 0 Å². The molecule has 1 aromatic carbocycles. The molecule has 1 N–H and O–H groups in total. The second kappa shape index (κ2) is 4.78. The SMILES string of the molecule is CC1=C(C#N)Sc2cc(SC(F)(F)F)ccc2N1. The number of hydrogen-bond donors (Lipinski definition) is 1. The van der Waals surface area contributed by atoms with Crippen LogP contribution < -0.4 is 5.32 Å². The van der Waals surface area contributed by atoms with Crippen LogP contribution in [0.3, 0.4) is 0 Å². The first-order valence-corrected chi connectivity index (χ1v) is 6.48. The van der Waals surface area contributed by atoms with Crippen LogP contribution in [-0.2, 0) is 0 Å². The number of allylic oxidation sites excluding steroid dienone is 2. The Morgan fingerprint density at radius 2 is 2.11 bits per heavy atom. The lowest BCUT2D eigenvalue weighted by atomic mass is 10.3. The third-order valence-corrected chi connectivity index (χ3v) is 4.04. The summed E-state index contributed by atoms with van der Waals surface area (Å²) in [4.78, 5) is 1.22. The molecule has 0 bridgehead atoms. The van der Waals surface area contributed by atoms with Crippen molar-refractivity contribution in [2.75, 3.05) is 5.32 Å². The van der Waals surface area contributed by atoms with Crippen molar-refractivity contribution in [3.8, 4) is 6.07 Å². The highest BCUT2D eigenvalue weighted by Crippen LogP contribution is 2.43. The second-order valence-electron chi connectivity index (χ2n) is 3.50. The lowest BCUT2D eigenvalue weighted by Gasteiger charge is -2.19. The van der Waals surface area contributed by atoms with E-state index in [1.165, 1.54) is 23.9 Å². The molecule has 1 heterocycles. The molecule has 0 saturated heterocycles. The van der Waals surface area contributed by atoms with Gasteiger partial charge in [-0.25, -0.2) is 0 Å². The molecule has 94 valence electrons. The molecule has 0 spiro atoms. The molecule has 18 heavy (non-hydrogen) atoms. The van der Waals surface area contributed by atoms with Crippen molar-refractivity contribution in [2.24, 2.45) is 0 Å². The number of alkyl halides is 3. The quantitative estimate of drug-likeness (QED) is 0.768. The number of fused-ring (bicyclic) bond motifs is 1. The number of halogens is 3. The fourth-order valence-electron chi connectivity index (χ4n) is 1.44. The molecule has 0 aliphatic carbocycles. The third-order valence-electron chi connectivity index (χ3n) is 2.16. The zero-order chi connectivity index (χ0) is 13.3. The molecule has 0 unspecified atom stereocenters. The topological polar surface area (TPSA) is 35.8 Å². The van der Waals surface area contributed by atoms with Gasteiger partial charge in [0, 0.05) is 15.5 Å². The van der Waals surface area contributed by atoms with E-state index in [9.17, 15) is 13.2 Å². The Morgan fingerprint density at radius 3 is 2.72 bits per heavy atom. The normalized spacial score (nSPS) is 14.8. The molecule has 1 aliphatic rings. The zero-order valence-electron chi connectivity index (χ0n) is 9.13. The highest BCUT2D eigenvalue weighted by molar-refractivity contribution is 8.03. The Morgan fingerprint density at radius 1 is 1.39 bits per heavy atom. The molecule has 7 heteroatoms. The third kappa shape index (κ3) is 2.94. The van der Waals surface area contributed by atoms with Gasteiger partial charge >= 0.3 is 5.51 Å². The first-order chi connectivity index (χ1) is 8.39. The monoisotopic (exact) mass is 288 g/mol. The second-order valence-corrected chi connectivity index (χ2v) is 5.69. The average Bonchev–Trinajstić information content (AvgIpc) is 2.26. The van der Waals surface area contributed by atoms with Crippen molar-refractivity contribution in [3.05, 3.63) is 28.8 Å². The van der Waals surface area contributed by atoms with Gasteiger partial charge in [-0.15, -0.1) is 0 Å². The minimum atomic E-state index is -4.30. The van der Waals surface area contributed by atoms with Crippen LogP contribution in [0.1, 0.15) is 6.92 Å². The molecule has 2 rings (SSSR count). The van der Waals surface area contributed by atoms with Gasteiger partial charge in [0.15, 0.2) is 0 Å². The molecule has 0 saturated carbocycles. The number of hydrogen-bond acceptors (Lipinski definition) is 4. The van der Waals surface area contributed by atoms with Crippen molar-refractivity contribution in [1.82, 2.24) is 0 Å². The molecule has 0 aromatic heterocycles. The zero-order valence-corrected chi connectivity index (χ0v) is 10.8. The number of anilines is 1. The Balaban J connectivity index is 2.29. The minimum Gasteiger partial charge on any atom is -0.357 e. The molecular weight excluding hydrogens is 281 g/mol. The van der Waals surface area contributed by atoms with E-state index in [0.29, 0.717) is 15.5 Å². The number of nitriles is 1. The molecular formula is C11H7F3N2S2. The van der Waals surface area contributed by atoms with Crippen LogP contribution in [0.2, 0.25) is 0 Å². The summed E-state index contributed by atoms with van der Waals surface area (Å²) in [5.74, 6) is 0. The summed E-state index contributed by atoms with van der Waals surface area (Å²) in [6, 6.07) is 6.46. The molecule has 2 nitrogen and oxygen atoms in total. The average molecular weight is 288 g/mol. The van der Waals surface area contributed by atoms with Crippen molar-refractivity contribution in [1.29, 1.82) is 5.26 Å². The van der Waals surface area contributed by atoms with Crippen molar-refractivity contribution >= 4 is 29.2 Å². The summed E-state index contributed by atoms with van der Waals surface area (Å²) in [6.45, 7) is 1.76. The van der Waals surface area contributed by atoms with E-state index in [1.54, 1.807) is 13.0 Å². The predicted octanol–water partition coefficient (Wildman–Crippen LogP) is 4.57. The van der Waals surface area contributed by atoms with Crippen LogP contribution in [0, 0.1) is 11.3 Å². The van der Waals surface area contributed by atoms with E-state index in [4.69, 9.17) is 5.26 Å². The number of nitrogens with one attached hydrogen (secondary N) is 1. The van der Waals surface area contributed by atoms with Crippen molar-refractivity contribution < 1.29 is 13.2 Å². The van der Waals surface area contributed by atoms with E-state index in [0.717, 1.165) is 5.69 Å². The maximum atomic E-state index is 12.3. The minimum absolute atomic E-state index is 0.118. The number of thioether (sulfide) groups is 2. The van der Waals surface area contributed by atoms with Gasteiger partial charge in [-0.05, 0) is 36.9 Å². The summed E-state index contributed by atoms with van der Waals surface area (Å²) in [6.07, 6.45) is 0. The first-order valence-electron chi connectivity index (χ1n) is 4.85.